The molecule has 0 aromatic rings. The van der Waals surface area contributed by atoms with Crippen LogP contribution < -0.4 is 0 Å². The van der Waals surface area contributed by atoms with Crippen LogP contribution in [0, 0.1) is 34.5 Å². The average molecular weight is 589 g/mol. The summed E-state index contributed by atoms with van der Waals surface area (Å²) in [4.78, 5) is 27.3. The number of carbonyl (C=O) groups excluding carboxylic acids is 2. The minimum Gasteiger partial charge on any atom is -0.465 e. The van der Waals surface area contributed by atoms with Crippen LogP contribution in [0.2, 0.25) is 0 Å². The third-order valence-corrected chi connectivity index (χ3v) is 13.4. The van der Waals surface area contributed by atoms with Gasteiger partial charge >= 0.3 is 11.9 Å². The minimum absolute atomic E-state index is 0.0382. The molecular formula is C34H52O8. The van der Waals surface area contributed by atoms with E-state index in [-0.39, 0.29) is 34.3 Å². The summed E-state index contributed by atoms with van der Waals surface area (Å²) >= 11 is 0. The Hall–Kier alpha value is -1.22. The standard InChI is InChI=1S/C34H52O8/c1-37-31-11-25-9-29(17-31,18-32(12-25,21-31)38-2)27(35)41-15-23-5-7-24(8-6-23)16-42-28(36)30-10-26-13-33(19-30,39-3)22-34(14-26,20-30)40-4/h23-26H,5-22H2,1-4H3. The topological polar surface area (TPSA) is 89.5 Å². The van der Waals surface area contributed by atoms with Crippen molar-refractivity contribution in [3.05, 3.63) is 0 Å². The fraction of sp³-hybridized carbons (Fsp3) is 0.941. The van der Waals surface area contributed by atoms with Crippen molar-refractivity contribution in [1.82, 2.24) is 0 Å². The van der Waals surface area contributed by atoms with Crippen LogP contribution in [0.5, 0.6) is 0 Å². The number of hydrogen-bond donors (Lipinski definition) is 0. The first-order chi connectivity index (χ1) is 20.1. The number of carbonyl (C=O) groups is 2. The summed E-state index contributed by atoms with van der Waals surface area (Å²) in [7, 11) is 7.17. The number of rotatable bonds is 10. The van der Waals surface area contributed by atoms with Gasteiger partial charge in [-0.1, -0.05) is 0 Å². The van der Waals surface area contributed by atoms with E-state index >= 15 is 0 Å². The van der Waals surface area contributed by atoms with Crippen molar-refractivity contribution in [2.45, 2.75) is 125 Å². The second-order valence-corrected chi connectivity index (χ2v) is 16.2. The fourth-order valence-corrected chi connectivity index (χ4v) is 12.1. The lowest BCUT2D eigenvalue weighted by molar-refractivity contribution is -0.252. The zero-order valence-corrected chi connectivity index (χ0v) is 26.3. The van der Waals surface area contributed by atoms with E-state index in [0.29, 0.717) is 36.9 Å². The predicted octanol–water partition coefficient (Wildman–Crippen LogP) is 5.39. The summed E-state index contributed by atoms with van der Waals surface area (Å²) in [6.45, 7) is 0.973. The summed E-state index contributed by atoms with van der Waals surface area (Å²) in [5.41, 5.74) is -1.97. The maximum Gasteiger partial charge on any atom is 0.312 e. The van der Waals surface area contributed by atoms with E-state index in [2.05, 4.69) is 0 Å². The van der Waals surface area contributed by atoms with Crippen LogP contribution >= 0.6 is 0 Å². The van der Waals surface area contributed by atoms with E-state index < -0.39 is 10.8 Å². The van der Waals surface area contributed by atoms with Gasteiger partial charge in [0.15, 0.2) is 0 Å². The molecule has 0 N–H and O–H groups in total. The molecule has 0 heterocycles. The molecule has 9 aliphatic carbocycles. The molecule has 4 atom stereocenters. The number of ether oxygens (including phenoxy) is 6. The van der Waals surface area contributed by atoms with E-state index in [4.69, 9.17) is 28.4 Å². The Bertz CT molecular complexity index is 955. The van der Waals surface area contributed by atoms with Gasteiger partial charge in [-0.3, -0.25) is 9.59 Å². The van der Waals surface area contributed by atoms with Crippen molar-refractivity contribution in [3.8, 4) is 0 Å². The SMILES string of the molecule is COC12CC3CC(OC)(C1)CC(C(=O)OCC1CCC(COC(=O)C45CC6CC(OC)(CC(OC)(C6)C4)C5)CC1)(C3)C2. The van der Waals surface area contributed by atoms with Gasteiger partial charge in [0.05, 0.1) is 46.4 Å². The summed E-state index contributed by atoms with van der Waals surface area (Å²) in [6.07, 6.45) is 14.7. The van der Waals surface area contributed by atoms with Crippen LogP contribution in [0.15, 0.2) is 0 Å². The van der Waals surface area contributed by atoms with Gasteiger partial charge in [0.2, 0.25) is 0 Å². The second kappa shape index (κ2) is 10.1. The van der Waals surface area contributed by atoms with E-state index in [1.165, 1.54) is 0 Å². The normalized spacial score (nSPS) is 50.2. The molecule has 0 spiro atoms. The van der Waals surface area contributed by atoms with Crippen LogP contribution in [-0.4, -0.2) is 76.0 Å². The molecule has 42 heavy (non-hydrogen) atoms. The minimum atomic E-state index is -0.475. The van der Waals surface area contributed by atoms with Gasteiger partial charge in [0.1, 0.15) is 0 Å². The first-order valence-electron chi connectivity index (χ1n) is 16.6. The van der Waals surface area contributed by atoms with Crippen molar-refractivity contribution < 1.29 is 38.0 Å². The predicted molar refractivity (Wildman–Crippen MR) is 154 cm³/mol. The molecule has 0 amide bonds. The van der Waals surface area contributed by atoms with E-state index in [1.54, 1.807) is 28.4 Å². The van der Waals surface area contributed by atoms with Gasteiger partial charge in [-0.05, 0) is 114 Å². The molecule has 9 rings (SSSR count). The zero-order chi connectivity index (χ0) is 29.4. The van der Waals surface area contributed by atoms with Crippen molar-refractivity contribution in [1.29, 1.82) is 0 Å². The molecular weight excluding hydrogens is 536 g/mol. The van der Waals surface area contributed by atoms with Crippen molar-refractivity contribution in [2.75, 3.05) is 41.7 Å². The van der Waals surface area contributed by atoms with Crippen LogP contribution in [0.4, 0.5) is 0 Å². The number of esters is 2. The smallest absolute Gasteiger partial charge is 0.312 e. The Morgan fingerprint density at radius 2 is 0.810 bits per heavy atom. The summed E-state index contributed by atoms with van der Waals surface area (Å²) in [5.74, 6) is 1.59. The molecule has 4 unspecified atom stereocenters. The lowest BCUT2D eigenvalue weighted by atomic mass is 9.46. The molecule has 8 bridgehead atoms. The largest absolute Gasteiger partial charge is 0.465 e. The molecule has 0 saturated heterocycles. The first-order valence-corrected chi connectivity index (χ1v) is 16.6. The number of methoxy groups -OCH3 is 4. The van der Waals surface area contributed by atoms with Crippen LogP contribution in [-0.2, 0) is 38.0 Å². The van der Waals surface area contributed by atoms with Gasteiger partial charge in [0.25, 0.3) is 0 Å². The lowest BCUT2D eigenvalue weighted by Gasteiger charge is -2.64. The Labute approximate surface area is 251 Å². The highest BCUT2D eigenvalue weighted by Gasteiger charge is 2.68. The summed E-state index contributed by atoms with van der Waals surface area (Å²) < 4.78 is 36.4. The zero-order valence-electron chi connectivity index (χ0n) is 26.3. The van der Waals surface area contributed by atoms with Crippen LogP contribution in [0.25, 0.3) is 0 Å². The molecule has 0 radical (unpaired) electrons. The number of hydrogen-bond acceptors (Lipinski definition) is 8. The third kappa shape index (κ3) is 4.68. The summed E-state index contributed by atoms with van der Waals surface area (Å²) in [6, 6.07) is 0. The molecule has 8 nitrogen and oxygen atoms in total. The van der Waals surface area contributed by atoms with Crippen LogP contribution in [0.1, 0.15) is 103 Å². The Morgan fingerprint density at radius 3 is 1.10 bits per heavy atom. The Balaban J connectivity index is 0.901. The van der Waals surface area contributed by atoms with Crippen molar-refractivity contribution in [3.63, 3.8) is 0 Å². The maximum absolute atomic E-state index is 13.6. The van der Waals surface area contributed by atoms with Crippen molar-refractivity contribution in [2.24, 2.45) is 34.5 Å². The molecule has 0 aromatic heterocycles. The molecule has 8 heteroatoms. The third-order valence-electron chi connectivity index (χ3n) is 13.4. The monoisotopic (exact) mass is 588 g/mol. The summed E-state index contributed by atoms with van der Waals surface area (Å²) in [5, 5.41) is 0. The highest BCUT2D eigenvalue weighted by atomic mass is 16.5. The molecule has 0 aromatic carbocycles. The van der Waals surface area contributed by atoms with Crippen LogP contribution in [0.3, 0.4) is 0 Å². The molecule has 9 fully saturated rings. The average Bonchev–Trinajstić information content (AvgIpc) is 2.98. The van der Waals surface area contributed by atoms with Gasteiger partial charge in [-0.2, -0.15) is 0 Å². The quantitative estimate of drug-likeness (QED) is 0.314. The maximum atomic E-state index is 13.6. The van der Waals surface area contributed by atoms with Crippen molar-refractivity contribution >= 4 is 11.9 Å². The first kappa shape index (κ1) is 29.5. The second-order valence-electron chi connectivity index (χ2n) is 16.2. The molecule has 9 saturated carbocycles. The molecule has 9 aliphatic rings. The Morgan fingerprint density at radius 1 is 0.500 bits per heavy atom. The Kier molecular flexibility index (Phi) is 7.13. The molecule has 236 valence electrons. The van der Waals surface area contributed by atoms with E-state index in [9.17, 15) is 9.59 Å². The van der Waals surface area contributed by atoms with E-state index in [1.807, 2.05) is 0 Å². The van der Waals surface area contributed by atoms with Gasteiger partial charge in [0, 0.05) is 41.3 Å². The fourth-order valence-electron chi connectivity index (χ4n) is 12.1. The van der Waals surface area contributed by atoms with Gasteiger partial charge < -0.3 is 28.4 Å². The molecule has 0 aliphatic heterocycles. The lowest BCUT2D eigenvalue weighted by Crippen LogP contribution is -2.66. The van der Waals surface area contributed by atoms with E-state index in [0.717, 1.165) is 103 Å². The highest BCUT2D eigenvalue weighted by Crippen LogP contribution is 2.66. The van der Waals surface area contributed by atoms with Gasteiger partial charge in [-0.15, -0.1) is 0 Å². The highest BCUT2D eigenvalue weighted by molar-refractivity contribution is 5.78. The van der Waals surface area contributed by atoms with Gasteiger partial charge in [-0.25, -0.2) is 0 Å².